The maximum Gasteiger partial charge on any atom is 0.347 e. The molecule has 0 amide bonds. The van der Waals surface area contributed by atoms with Gasteiger partial charge in [0, 0.05) is 18.6 Å². The van der Waals surface area contributed by atoms with E-state index in [1.54, 1.807) is 19.2 Å². The highest BCUT2D eigenvalue weighted by Crippen LogP contribution is 2.29. The lowest BCUT2D eigenvalue weighted by Gasteiger charge is -2.00. The Morgan fingerprint density at radius 2 is 2.05 bits per heavy atom. The van der Waals surface area contributed by atoms with Gasteiger partial charge in [0.15, 0.2) is 0 Å². The molecule has 0 fully saturated rings. The average Bonchev–Trinajstić information content (AvgIpc) is 2.83. The fraction of sp³-hybridized carbons (Fsp3) is 0.231. The van der Waals surface area contributed by atoms with Gasteiger partial charge in [-0.1, -0.05) is 0 Å². The Hall–Kier alpha value is -1.92. The molecule has 0 aliphatic heterocycles. The van der Waals surface area contributed by atoms with Crippen LogP contribution in [0.25, 0.3) is 10.6 Å². The zero-order valence-electron chi connectivity index (χ0n) is 10.3. The van der Waals surface area contributed by atoms with Crippen molar-refractivity contribution in [3.05, 3.63) is 34.8 Å². The maximum absolute atomic E-state index is 11.1. The molecule has 1 aromatic heterocycles. The number of rotatable bonds is 5. The van der Waals surface area contributed by atoms with Crippen molar-refractivity contribution in [1.29, 1.82) is 0 Å². The van der Waals surface area contributed by atoms with Crippen molar-refractivity contribution in [2.24, 2.45) is 0 Å². The van der Waals surface area contributed by atoms with Crippen molar-refractivity contribution in [3.8, 4) is 16.3 Å². The minimum absolute atomic E-state index is 0.119. The number of hydrogen-bond donors (Lipinski definition) is 2. The SMILES string of the molecule is COc1ccc(-c2nc(CCO)c(C(=O)O)s2)cc1. The van der Waals surface area contributed by atoms with Crippen LogP contribution in [0.3, 0.4) is 0 Å². The number of thiazole rings is 1. The average molecular weight is 279 g/mol. The Morgan fingerprint density at radius 1 is 1.37 bits per heavy atom. The highest BCUT2D eigenvalue weighted by molar-refractivity contribution is 7.17. The van der Waals surface area contributed by atoms with Crippen LogP contribution in [-0.4, -0.2) is 34.9 Å². The van der Waals surface area contributed by atoms with E-state index in [1.165, 1.54) is 0 Å². The number of aliphatic hydroxyl groups is 1. The van der Waals surface area contributed by atoms with Crippen molar-refractivity contribution in [1.82, 2.24) is 4.98 Å². The maximum atomic E-state index is 11.1. The molecule has 2 aromatic rings. The van der Waals surface area contributed by atoms with Gasteiger partial charge in [0.25, 0.3) is 0 Å². The summed E-state index contributed by atoms with van der Waals surface area (Å²) in [6.45, 7) is -0.119. The third kappa shape index (κ3) is 2.91. The van der Waals surface area contributed by atoms with Crippen LogP contribution in [-0.2, 0) is 6.42 Å². The fourth-order valence-corrected chi connectivity index (χ4v) is 2.61. The van der Waals surface area contributed by atoms with E-state index < -0.39 is 5.97 Å². The Bertz CT molecular complexity index is 577. The highest BCUT2D eigenvalue weighted by Gasteiger charge is 2.17. The van der Waals surface area contributed by atoms with Crippen LogP contribution in [0.4, 0.5) is 0 Å². The van der Waals surface area contributed by atoms with E-state index in [0.29, 0.717) is 10.7 Å². The van der Waals surface area contributed by atoms with Crippen LogP contribution in [0.2, 0.25) is 0 Å². The molecule has 0 unspecified atom stereocenters. The van der Waals surface area contributed by atoms with Crippen LogP contribution in [0.15, 0.2) is 24.3 Å². The van der Waals surface area contributed by atoms with Crippen LogP contribution in [0.1, 0.15) is 15.4 Å². The lowest BCUT2D eigenvalue weighted by atomic mass is 10.2. The van der Waals surface area contributed by atoms with Crippen LogP contribution in [0, 0.1) is 0 Å². The lowest BCUT2D eigenvalue weighted by molar-refractivity contribution is 0.0700. The number of ether oxygens (including phenoxy) is 1. The molecule has 2 N–H and O–H groups in total. The summed E-state index contributed by atoms with van der Waals surface area (Å²) in [6, 6.07) is 7.24. The summed E-state index contributed by atoms with van der Waals surface area (Å²) in [7, 11) is 1.58. The van der Waals surface area contributed by atoms with Crippen molar-refractivity contribution in [2.75, 3.05) is 13.7 Å². The molecule has 2 rings (SSSR count). The molecule has 0 saturated heterocycles. The van der Waals surface area contributed by atoms with Gasteiger partial charge in [-0.05, 0) is 24.3 Å². The van der Waals surface area contributed by atoms with E-state index in [2.05, 4.69) is 4.98 Å². The Morgan fingerprint density at radius 3 is 2.58 bits per heavy atom. The Kier molecular flexibility index (Phi) is 4.13. The Balaban J connectivity index is 2.38. The largest absolute Gasteiger partial charge is 0.497 e. The number of carbonyl (C=O) groups is 1. The van der Waals surface area contributed by atoms with Gasteiger partial charge in [0.05, 0.1) is 12.8 Å². The number of nitrogens with zero attached hydrogens (tertiary/aromatic N) is 1. The van der Waals surface area contributed by atoms with Crippen molar-refractivity contribution >= 4 is 17.3 Å². The number of aromatic carboxylic acids is 1. The molecule has 5 nitrogen and oxygen atoms in total. The molecule has 100 valence electrons. The van der Waals surface area contributed by atoms with Gasteiger partial charge < -0.3 is 14.9 Å². The molecule has 6 heteroatoms. The van der Waals surface area contributed by atoms with Crippen LogP contribution < -0.4 is 4.74 Å². The van der Waals surface area contributed by atoms with Gasteiger partial charge >= 0.3 is 5.97 Å². The molecule has 0 atom stereocenters. The molecule has 0 aliphatic rings. The Labute approximate surface area is 114 Å². The number of methoxy groups -OCH3 is 1. The molecule has 1 heterocycles. The number of carboxylic acids is 1. The monoisotopic (exact) mass is 279 g/mol. The first kappa shape index (κ1) is 13.5. The first-order chi connectivity index (χ1) is 9.15. The molecular weight excluding hydrogens is 266 g/mol. The van der Waals surface area contributed by atoms with Gasteiger partial charge in [-0.15, -0.1) is 11.3 Å². The van der Waals surface area contributed by atoms with E-state index in [4.69, 9.17) is 14.9 Å². The summed E-state index contributed by atoms with van der Waals surface area (Å²) in [5, 5.41) is 18.7. The van der Waals surface area contributed by atoms with Crippen molar-refractivity contribution < 1.29 is 19.7 Å². The molecule has 0 radical (unpaired) electrons. The smallest absolute Gasteiger partial charge is 0.347 e. The predicted molar refractivity (Wildman–Crippen MR) is 71.9 cm³/mol. The summed E-state index contributed by atoms with van der Waals surface area (Å²) < 4.78 is 5.07. The van der Waals surface area contributed by atoms with E-state index >= 15 is 0 Å². The first-order valence-electron chi connectivity index (χ1n) is 5.64. The topological polar surface area (TPSA) is 79.7 Å². The normalized spacial score (nSPS) is 10.4. The molecule has 0 aliphatic carbocycles. The number of carboxylic acid groups (broad SMARTS) is 1. The van der Waals surface area contributed by atoms with E-state index in [9.17, 15) is 4.79 Å². The molecular formula is C13H13NO4S. The molecule has 0 saturated carbocycles. The number of benzene rings is 1. The quantitative estimate of drug-likeness (QED) is 0.875. The van der Waals surface area contributed by atoms with E-state index in [1.807, 2.05) is 12.1 Å². The summed E-state index contributed by atoms with van der Waals surface area (Å²) in [5.74, 6) is -0.282. The summed E-state index contributed by atoms with van der Waals surface area (Å²) in [4.78, 5) is 15.6. The summed E-state index contributed by atoms with van der Waals surface area (Å²) in [5.41, 5.74) is 1.25. The van der Waals surface area contributed by atoms with Gasteiger partial charge in [0.2, 0.25) is 0 Å². The van der Waals surface area contributed by atoms with E-state index in [-0.39, 0.29) is 17.9 Å². The van der Waals surface area contributed by atoms with Crippen molar-refractivity contribution in [3.63, 3.8) is 0 Å². The van der Waals surface area contributed by atoms with Gasteiger partial charge in [0.1, 0.15) is 15.6 Å². The minimum Gasteiger partial charge on any atom is -0.497 e. The minimum atomic E-state index is -1.01. The third-order valence-corrected chi connectivity index (χ3v) is 3.71. The predicted octanol–water partition coefficient (Wildman–Crippen LogP) is 2.05. The zero-order valence-corrected chi connectivity index (χ0v) is 11.1. The second-order valence-electron chi connectivity index (χ2n) is 3.80. The molecule has 19 heavy (non-hydrogen) atoms. The fourth-order valence-electron chi connectivity index (χ4n) is 1.65. The second-order valence-corrected chi connectivity index (χ2v) is 4.80. The summed E-state index contributed by atoms with van der Waals surface area (Å²) in [6.07, 6.45) is 0.244. The highest BCUT2D eigenvalue weighted by atomic mass is 32.1. The summed E-state index contributed by atoms with van der Waals surface area (Å²) >= 11 is 1.11. The van der Waals surface area contributed by atoms with Crippen LogP contribution >= 0.6 is 11.3 Å². The van der Waals surface area contributed by atoms with Crippen LogP contribution in [0.5, 0.6) is 5.75 Å². The zero-order chi connectivity index (χ0) is 13.8. The molecule has 0 spiro atoms. The van der Waals surface area contributed by atoms with Gasteiger partial charge in [-0.2, -0.15) is 0 Å². The standard InChI is InChI=1S/C13H13NO4S/c1-18-9-4-2-8(3-5-9)12-14-10(6-7-15)11(19-12)13(16)17/h2-5,15H,6-7H2,1H3,(H,16,17). The number of aromatic nitrogens is 1. The lowest BCUT2D eigenvalue weighted by Crippen LogP contribution is -2.01. The second kappa shape index (κ2) is 5.81. The van der Waals surface area contributed by atoms with Crippen molar-refractivity contribution in [2.45, 2.75) is 6.42 Å². The molecule has 1 aromatic carbocycles. The van der Waals surface area contributed by atoms with Gasteiger partial charge in [-0.3, -0.25) is 0 Å². The first-order valence-corrected chi connectivity index (χ1v) is 6.45. The number of aliphatic hydroxyl groups excluding tert-OH is 1. The van der Waals surface area contributed by atoms with E-state index in [0.717, 1.165) is 22.6 Å². The van der Waals surface area contributed by atoms with Gasteiger partial charge in [-0.25, -0.2) is 9.78 Å². The number of hydrogen-bond acceptors (Lipinski definition) is 5. The third-order valence-electron chi connectivity index (χ3n) is 2.58. The molecule has 0 bridgehead atoms.